The maximum Gasteiger partial charge on any atom is 0.317 e. The summed E-state index contributed by atoms with van der Waals surface area (Å²) in [4.78, 5) is 24.9. The maximum absolute atomic E-state index is 12.3. The molecule has 2 unspecified atom stereocenters. The summed E-state index contributed by atoms with van der Waals surface area (Å²) < 4.78 is 0. The highest BCUT2D eigenvalue weighted by atomic mass is 16.4. The molecule has 1 aromatic carbocycles. The fourth-order valence-corrected chi connectivity index (χ4v) is 2.79. The van der Waals surface area contributed by atoms with Crippen LogP contribution < -0.4 is 5.32 Å². The maximum atomic E-state index is 12.3. The highest BCUT2D eigenvalue weighted by Gasteiger charge is 2.28. The van der Waals surface area contributed by atoms with E-state index >= 15 is 0 Å². The fourth-order valence-electron chi connectivity index (χ4n) is 2.79. The molecule has 1 aliphatic rings. The number of urea groups is 1. The highest BCUT2D eigenvalue weighted by molar-refractivity contribution is 5.75. The molecule has 120 valence electrons. The molecule has 2 atom stereocenters. The molecule has 0 saturated carbocycles. The summed E-state index contributed by atoms with van der Waals surface area (Å²) in [6, 6.07) is 10.0. The molecule has 22 heavy (non-hydrogen) atoms. The number of piperidine rings is 1. The molecule has 2 amide bonds. The van der Waals surface area contributed by atoms with Gasteiger partial charge >= 0.3 is 12.0 Å². The van der Waals surface area contributed by atoms with Crippen molar-refractivity contribution in [3.63, 3.8) is 0 Å². The molecule has 1 aromatic rings. The van der Waals surface area contributed by atoms with Crippen molar-refractivity contribution < 1.29 is 14.7 Å². The van der Waals surface area contributed by atoms with Crippen LogP contribution in [-0.2, 0) is 4.79 Å². The highest BCUT2D eigenvalue weighted by Crippen LogP contribution is 2.20. The molecule has 2 N–H and O–H groups in total. The molecule has 0 radical (unpaired) electrons. The average molecular weight is 304 g/mol. The van der Waals surface area contributed by atoms with Gasteiger partial charge in [-0.2, -0.15) is 0 Å². The van der Waals surface area contributed by atoms with Crippen LogP contribution in [0, 0.1) is 5.92 Å². The minimum atomic E-state index is -0.758. The van der Waals surface area contributed by atoms with Gasteiger partial charge in [0.25, 0.3) is 0 Å². The number of likely N-dealkylation sites (tertiary alicyclic amines) is 1. The Balaban J connectivity index is 1.85. The number of carbonyl (C=O) groups excluding carboxylic acids is 1. The first-order chi connectivity index (χ1) is 10.5. The summed E-state index contributed by atoms with van der Waals surface area (Å²) in [6.07, 6.45) is 1.07. The molecule has 5 nitrogen and oxygen atoms in total. The predicted octanol–water partition coefficient (Wildman–Crippen LogP) is 2.68. The van der Waals surface area contributed by atoms with E-state index in [1.54, 1.807) is 4.90 Å². The number of carbonyl (C=O) groups is 2. The molecule has 0 aromatic heterocycles. The lowest BCUT2D eigenvalue weighted by Gasteiger charge is -2.32. The Morgan fingerprint density at radius 3 is 2.32 bits per heavy atom. The van der Waals surface area contributed by atoms with Gasteiger partial charge in [-0.15, -0.1) is 0 Å². The van der Waals surface area contributed by atoms with Crippen LogP contribution in [0.5, 0.6) is 0 Å². The van der Waals surface area contributed by atoms with Gasteiger partial charge < -0.3 is 15.3 Å². The Morgan fingerprint density at radius 2 is 1.77 bits per heavy atom. The van der Waals surface area contributed by atoms with E-state index in [2.05, 4.69) is 24.4 Å². The lowest BCUT2D eigenvalue weighted by Crippen LogP contribution is -2.48. The minimum Gasteiger partial charge on any atom is -0.481 e. The van der Waals surface area contributed by atoms with Gasteiger partial charge in [0.15, 0.2) is 0 Å². The average Bonchev–Trinajstić information content (AvgIpc) is 2.54. The van der Waals surface area contributed by atoms with Crippen molar-refractivity contribution in [2.24, 2.45) is 5.92 Å². The van der Waals surface area contributed by atoms with E-state index in [1.807, 2.05) is 25.1 Å². The van der Waals surface area contributed by atoms with Crippen LogP contribution in [0.4, 0.5) is 4.79 Å². The summed E-state index contributed by atoms with van der Waals surface area (Å²) in [5.74, 6) is -0.849. The van der Waals surface area contributed by atoms with Crippen LogP contribution in [0.2, 0.25) is 0 Å². The third-order valence-corrected chi connectivity index (χ3v) is 4.56. The molecular formula is C17H24N2O3. The fraction of sp³-hybridized carbons (Fsp3) is 0.529. The van der Waals surface area contributed by atoms with Gasteiger partial charge in [-0.1, -0.05) is 37.3 Å². The van der Waals surface area contributed by atoms with Crippen LogP contribution >= 0.6 is 0 Å². The summed E-state index contributed by atoms with van der Waals surface area (Å²) in [7, 11) is 0. The third kappa shape index (κ3) is 4.00. The number of nitrogens with zero attached hydrogens (tertiary/aromatic N) is 1. The minimum absolute atomic E-state index is 0.0205. The Labute approximate surface area is 131 Å². The van der Waals surface area contributed by atoms with Crippen LogP contribution in [0.15, 0.2) is 30.3 Å². The summed E-state index contributed by atoms with van der Waals surface area (Å²) in [5, 5.41) is 12.0. The Bertz CT molecular complexity index is 510. The standard InChI is InChI=1S/C17H24N2O3/c1-12(14-6-4-3-5-7-14)13(2)18-17(22)19-10-8-15(9-11-19)16(20)21/h3-7,12-13,15H,8-11H2,1-2H3,(H,18,22)(H,20,21). The number of nitrogens with one attached hydrogen (secondary N) is 1. The lowest BCUT2D eigenvalue weighted by atomic mass is 9.94. The second-order valence-electron chi connectivity index (χ2n) is 6.04. The van der Waals surface area contributed by atoms with Crippen LogP contribution in [-0.4, -0.2) is 41.1 Å². The molecule has 0 bridgehead atoms. The first kappa shape index (κ1) is 16.3. The van der Waals surface area contributed by atoms with E-state index in [0.29, 0.717) is 25.9 Å². The smallest absolute Gasteiger partial charge is 0.317 e. The third-order valence-electron chi connectivity index (χ3n) is 4.56. The van der Waals surface area contributed by atoms with Crippen molar-refractivity contribution in [3.8, 4) is 0 Å². The van der Waals surface area contributed by atoms with E-state index < -0.39 is 5.97 Å². The quantitative estimate of drug-likeness (QED) is 0.898. The van der Waals surface area contributed by atoms with Crippen LogP contribution in [0.25, 0.3) is 0 Å². The number of hydrogen-bond acceptors (Lipinski definition) is 2. The van der Waals surface area contributed by atoms with Gasteiger partial charge in [0.1, 0.15) is 0 Å². The van der Waals surface area contributed by atoms with Crippen LogP contribution in [0.1, 0.15) is 38.2 Å². The second kappa shape index (κ2) is 7.29. The van der Waals surface area contributed by atoms with Crippen molar-refractivity contribution in [3.05, 3.63) is 35.9 Å². The van der Waals surface area contributed by atoms with Crippen molar-refractivity contribution in [2.75, 3.05) is 13.1 Å². The zero-order valence-corrected chi connectivity index (χ0v) is 13.2. The van der Waals surface area contributed by atoms with Crippen molar-refractivity contribution in [1.82, 2.24) is 10.2 Å². The van der Waals surface area contributed by atoms with E-state index in [4.69, 9.17) is 5.11 Å². The number of hydrogen-bond donors (Lipinski definition) is 2. The van der Waals surface area contributed by atoms with Gasteiger partial charge in [0, 0.05) is 25.0 Å². The summed E-state index contributed by atoms with van der Waals surface area (Å²) >= 11 is 0. The number of amides is 2. The molecule has 1 heterocycles. The van der Waals surface area contributed by atoms with Gasteiger partial charge in [-0.25, -0.2) is 4.79 Å². The topological polar surface area (TPSA) is 69.6 Å². The number of carboxylic acids is 1. The number of aliphatic carboxylic acids is 1. The number of rotatable bonds is 4. The van der Waals surface area contributed by atoms with Gasteiger partial charge in [0.05, 0.1) is 5.92 Å². The molecule has 0 aliphatic carbocycles. The second-order valence-corrected chi connectivity index (χ2v) is 6.04. The Kier molecular flexibility index (Phi) is 5.41. The van der Waals surface area contributed by atoms with E-state index in [9.17, 15) is 9.59 Å². The predicted molar refractivity (Wildman–Crippen MR) is 84.8 cm³/mol. The van der Waals surface area contributed by atoms with Crippen molar-refractivity contribution in [2.45, 2.75) is 38.6 Å². The Morgan fingerprint density at radius 1 is 1.18 bits per heavy atom. The molecule has 1 aliphatic heterocycles. The molecular weight excluding hydrogens is 280 g/mol. The first-order valence-electron chi connectivity index (χ1n) is 7.82. The van der Waals surface area contributed by atoms with Crippen molar-refractivity contribution in [1.29, 1.82) is 0 Å². The lowest BCUT2D eigenvalue weighted by molar-refractivity contribution is -0.143. The zero-order chi connectivity index (χ0) is 16.1. The molecule has 1 saturated heterocycles. The van der Waals surface area contributed by atoms with Crippen LogP contribution in [0.3, 0.4) is 0 Å². The normalized spacial score (nSPS) is 18.5. The first-order valence-corrected chi connectivity index (χ1v) is 7.82. The summed E-state index contributed by atoms with van der Waals surface area (Å²) in [5.41, 5.74) is 1.19. The van der Waals surface area contributed by atoms with Gasteiger partial charge in [-0.05, 0) is 25.3 Å². The summed E-state index contributed by atoms with van der Waals surface area (Å²) in [6.45, 7) is 5.11. The van der Waals surface area contributed by atoms with E-state index in [0.717, 1.165) is 0 Å². The Hall–Kier alpha value is -2.04. The SMILES string of the molecule is CC(NC(=O)N1CCC(C(=O)O)CC1)C(C)c1ccccc1. The van der Waals surface area contributed by atoms with E-state index in [1.165, 1.54) is 5.56 Å². The van der Waals surface area contributed by atoms with Gasteiger partial charge in [-0.3, -0.25) is 4.79 Å². The number of carboxylic acid groups (broad SMARTS) is 1. The number of benzene rings is 1. The molecule has 5 heteroatoms. The largest absolute Gasteiger partial charge is 0.481 e. The van der Waals surface area contributed by atoms with E-state index in [-0.39, 0.29) is 23.9 Å². The zero-order valence-electron chi connectivity index (χ0n) is 13.2. The molecule has 1 fully saturated rings. The molecule has 2 rings (SSSR count). The van der Waals surface area contributed by atoms with Gasteiger partial charge in [0.2, 0.25) is 0 Å². The molecule has 0 spiro atoms. The van der Waals surface area contributed by atoms with Crippen molar-refractivity contribution >= 4 is 12.0 Å². The monoisotopic (exact) mass is 304 g/mol.